The summed E-state index contributed by atoms with van der Waals surface area (Å²) in [6.07, 6.45) is 7.52. The van der Waals surface area contributed by atoms with E-state index in [1.165, 1.54) is 0 Å². The summed E-state index contributed by atoms with van der Waals surface area (Å²) in [6, 6.07) is 7.33. The van der Waals surface area contributed by atoms with Crippen molar-refractivity contribution in [3.63, 3.8) is 0 Å². The summed E-state index contributed by atoms with van der Waals surface area (Å²) in [5, 5.41) is 3.07. The first kappa shape index (κ1) is 10.5. The second kappa shape index (κ2) is 4.70. The average molecular weight is 209 g/mol. The van der Waals surface area contributed by atoms with Gasteiger partial charge in [-0.15, -0.1) is 0 Å². The fraction of sp³-hybridized carbons (Fsp3) is 0.0833. The van der Waals surface area contributed by atoms with Gasteiger partial charge in [0.2, 0.25) is 0 Å². The molecule has 16 heavy (non-hydrogen) atoms. The van der Waals surface area contributed by atoms with E-state index in [0.717, 1.165) is 11.0 Å². The Hall–Kier alpha value is -1.97. The van der Waals surface area contributed by atoms with E-state index in [9.17, 15) is 0 Å². The number of hydrogen-bond donors (Lipinski definition) is 2. The largest absolute Gasteiger partial charge is 0.383 e. The molecule has 0 aromatic heterocycles. The molecule has 1 unspecified atom stereocenters. The molecule has 4 heteroatoms. The van der Waals surface area contributed by atoms with E-state index < -0.39 is 0 Å². The Labute approximate surface area is 96.2 Å². The summed E-state index contributed by atoms with van der Waals surface area (Å²) in [6.45, 7) is 0. The van der Waals surface area contributed by atoms with Crippen molar-refractivity contribution in [2.75, 3.05) is 0 Å². The van der Waals surface area contributed by atoms with Gasteiger partial charge < -0.3 is 11.1 Å². The lowest BCUT2D eigenvalue weighted by molar-refractivity contribution is 0.729. The molecule has 1 aromatic rings. The molecule has 1 aromatic carbocycles. The number of allylic oxidation sites excluding steroid dienone is 2. The highest BCUT2D eigenvalue weighted by molar-refractivity contribution is 6.32. The zero-order valence-electron chi connectivity index (χ0n) is 8.80. The Balaban J connectivity index is 2.14. The highest BCUT2D eigenvalue weighted by atomic mass is 15.1. The van der Waals surface area contributed by atoms with Crippen molar-refractivity contribution in [3.05, 3.63) is 54.3 Å². The van der Waals surface area contributed by atoms with Crippen LogP contribution in [0.3, 0.4) is 0 Å². The molecule has 3 N–H and O–H groups in total. The topological polar surface area (TPSA) is 50.4 Å². The monoisotopic (exact) mass is 209 g/mol. The minimum Gasteiger partial charge on any atom is -0.383 e. The average Bonchev–Trinajstić information content (AvgIpc) is 2.31. The van der Waals surface area contributed by atoms with Crippen LogP contribution in [-0.4, -0.2) is 19.8 Å². The van der Waals surface area contributed by atoms with Gasteiger partial charge in [-0.1, -0.05) is 35.8 Å². The normalized spacial score (nSPS) is 19.5. The standard InChI is InChI=1S/C12H12BN3/c13-10-6-4-9(5-7-10)12(14)16-11-3-1-2-8-15-11/h1-8,11,15H,(H2,14,16). The fourth-order valence-corrected chi connectivity index (χ4v) is 1.39. The van der Waals surface area contributed by atoms with Crippen molar-refractivity contribution in [3.8, 4) is 0 Å². The summed E-state index contributed by atoms with van der Waals surface area (Å²) in [7, 11) is 5.60. The molecule has 1 aliphatic rings. The minimum absolute atomic E-state index is 0.0949. The van der Waals surface area contributed by atoms with Gasteiger partial charge in [-0.2, -0.15) is 0 Å². The number of nitrogens with two attached hydrogens (primary N) is 1. The maximum atomic E-state index is 5.89. The molecule has 1 aliphatic heterocycles. The number of benzene rings is 1. The Morgan fingerprint density at radius 1 is 1.25 bits per heavy atom. The van der Waals surface area contributed by atoms with Crippen molar-refractivity contribution in [2.45, 2.75) is 6.17 Å². The second-order valence-corrected chi connectivity index (χ2v) is 3.49. The number of hydrogen-bond acceptors (Lipinski definition) is 2. The van der Waals surface area contributed by atoms with Crippen LogP contribution in [0.25, 0.3) is 0 Å². The van der Waals surface area contributed by atoms with Crippen LogP contribution in [0.2, 0.25) is 0 Å². The van der Waals surface area contributed by atoms with Crippen molar-refractivity contribution < 1.29 is 0 Å². The Morgan fingerprint density at radius 2 is 2.00 bits per heavy atom. The molecule has 78 valence electrons. The highest BCUT2D eigenvalue weighted by Gasteiger charge is 2.03. The number of rotatable bonds is 2. The molecule has 0 bridgehead atoms. The molecule has 0 aliphatic carbocycles. The van der Waals surface area contributed by atoms with E-state index in [-0.39, 0.29) is 6.17 Å². The molecule has 0 amide bonds. The molecule has 1 atom stereocenters. The highest BCUT2D eigenvalue weighted by Crippen LogP contribution is 2.01. The summed E-state index contributed by atoms with van der Waals surface area (Å²) in [5.41, 5.74) is 7.48. The predicted molar refractivity (Wildman–Crippen MR) is 67.8 cm³/mol. The van der Waals surface area contributed by atoms with E-state index >= 15 is 0 Å². The molecule has 0 saturated heterocycles. The lowest BCUT2D eigenvalue weighted by Gasteiger charge is -2.12. The first-order valence-corrected chi connectivity index (χ1v) is 5.04. The van der Waals surface area contributed by atoms with Gasteiger partial charge in [0.1, 0.15) is 19.8 Å². The summed E-state index contributed by atoms with van der Waals surface area (Å²) < 4.78 is 0. The number of nitrogens with one attached hydrogen (secondary N) is 1. The van der Waals surface area contributed by atoms with E-state index in [2.05, 4.69) is 10.3 Å². The van der Waals surface area contributed by atoms with Crippen LogP contribution in [0.4, 0.5) is 0 Å². The van der Waals surface area contributed by atoms with Crippen molar-refractivity contribution in [1.82, 2.24) is 5.32 Å². The summed E-state index contributed by atoms with van der Waals surface area (Å²) >= 11 is 0. The third kappa shape index (κ3) is 2.54. The van der Waals surface area contributed by atoms with Gasteiger partial charge in [0, 0.05) is 5.56 Å². The van der Waals surface area contributed by atoms with E-state index in [1.54, 1.807) is 0 Å². The van der Waals surface area contributed by atoms with Gasteiger partial charge >= 0.3 is 0 Å². The minimum atomic E-state index is -0.0949. The van der Waals surface area contributed by atoms with Gasteiger partial charge in [-0.25, -0.2) is 4.99 Å². The molecular formula is C12H12BN3. The van der Waals surface area contributed by atoms with Crippen LogP contribution in [0.15, 0.2) is 53.7 Å². The maximum absolute atomic E-state index is 5.89. The van der Waals surface area contributed by atoms with Crippen LogP contribution >= 0.6 is 0 Å². The van der Waals surface area contributed by atoms with E-state index in [4.69, 9.17) is 13.6 Å². The molecule has 3 nitrogen and oxygen atoms in total. The molecule has 0 fully saturated rings. The molecule has 0 saturated carbocycles. The Kier molecular flexibility index (Phi) is 3.10. The lowest BCUT2D eigenvalue weighted by Crippen LogP contribution is -2.26. The number of aliphatic imine (C=N–C) groups is 1. The third-order valence-electron chi connectivity index (χ3n) is 2.25. The first-order valence-electron chi connectivity index (χ1n) is 5.04. The Morgan fingerprint density at radius 3 is 2.62 bits per heavy atom. The fourth-order valence-electron chi connectivity index (χ4n) is 1.39. The molecular weight excluding hydrogens is 197 g/mol. The van der Waals surface area contributed by atoms with E-state index in [1.807, 2.05) is 48.7 Å². The van der Waals surface area contributed by atoms with Crippen LogP contribution in [0, 0.1) is 0 Å². The molecule has 1 heterocycles. The van der Waals surface area contributed by atoms with Crippen molar-refractivity contribution in [1.29, 1.82) is 0 Å². The smallest absolute Gasteiger partial charge is 0.139 e. The molecule has 2 rings (SSSR count). The second-order valence-electron chi connectivity index (χ2n) is 3.49. The lowest BCUT2D eigenvalue weighted by atomic mass is 9.95. The van der Waals surface area contributed by atoms with Crippen LogP contribution in [-0.2, 0) is 0 Å². The maximum Gasteiger partial charge on any atom is 0.139 e. The third-order valence-corrected chi connectivity index (χ3v) is 2.25. The Bertz CT molecular complexity index is 446. The number of amidine groups is 1. The van der Waals surface area contributed by atoms with Crippen LogP contribution in [0.1, 0.15) is 5.56 Å². The number of nitrogens with zero attached hydrogens (tertiary/aromatic N) is 1. The zero-order chi connectivity index (χ0) is 11.4. The molecule has 2 radical (unpaired) electrons. The van der Waals surface area contributed by atoms with Crippen LogP contribution < -0.4 is 16.5 Å². The van der Waals surface area contributed by atoms with Gasteiger partial charge in [0.25, 0.3) is 0 Å². The van der Waals surface area contributed by atoms with Gasteiger partial charge in [0.05, 0.1) is 0 Å². The van der Waals surface area contributed by atoms with Gasteiger partial charge in [0.15, 0.2) is 0 Å². The predicted octanol–water partition coefficient (Wildman–Crippen LogP) is 0.185. The summed E-state index contributed by atoms with van der Waals surface area (Å²) in [4.78, 5) is 4.34. The SMILES string of the molecule is [B]c1ccc(C(N)=NC2C=CC=CN2)cc1. The van der Waals surface area contributed by atoms with Crippen molar-refractivity contribution in [2.24, 2.45) is 10.7 Å². The van der Waals surface area contributed by atoms with E-state index in [0.29, 0.717) is 5.84 Å². The molecule has 0 spiro atoms. The van der Waals surface area contributed by atoms with Gasteiger partial charge in [-0.3, -0.25) is 0 Å². The summed E-state index contributed by atoms with van der Waals surface area (Å²) in [5.74, 6) is 0.498. The quantitative estimate of drug-likeness (QED) is 0.415. The van der Waals surface area contributed by atoms with Crippen LogP contribution in [0.5, 0.6) is 0 Å². The van der Waals surface area contributed by atoms with Gasteiger partial charge in [-0.05, 0) is 18.4 Å². The zero-order valence-corrected chi connectivity index (χ0v) is 8.80. The first-order chi connectivity index (χ1) is 7.75. The van der Waals surface area contributed by atoms with Crippen molar-refractivity contribution >= 4 is 19.1 Å². The number of dihydropyridines is 1.